The Labute approximate surface area is 119 Å². The Balaban J connectivity index is 1.74. The average Bonchev–Trinajstić information content (AvgIpc) is 3.06. The third-order valence-corrected chi connectivity index (χ3v) is 4.80. The van der Waals surface area contributed by atoms with Crippen LogP contribution in [0.1, 0.15) is 55.7 Å². The van der Waals surface area contributed by atoms with E-state index in [1.54, 1.807) is 4.90 Å². The van der Waals surface area contributed by atoms with E-state index in [4.69, 9.17) is 0 Å². The molecule has 0 spiro atoms. The third-order valence-electron chi connectivity index (χ3n) is 4.80. The van der Waals surface area contributed by atoms with Crippen LogP contribution in [-0.4, -0.2) is 44.8 Å². The van der Waals surface area contributed by atoms with Gasteiger partial charge in [0.05, 0.1) is 12.1 Å². The number of H-pyrrole nitrogens is 1. The zero-order valence-corrected chi connectivity index (χ0v) is 12.4. The normalized spacial score (nSPS) is 30.2. The Morgan fingerprint density at radius 2 is 2.25 bits per heavy atom. The monoisotopic (exact) mass is 277 g/mol. The molecule has 1 saturated heterocycles. The first-order chi connectivity index (χ1) is 9.41. The van der Waals surface area contributed by atoms with E-state index < -0.39 is 5.60 Å². The molecule has 2 heterocycles. The predicted molar refractivity (Wildman–Crippen MR) is 75.4 cm³/mol. The van der Waals surface area contributed by atoms with Crippen molar-refractivity contribution in [3.63, 3.8) is 0 Å². The molecule has 1 aliphatic heterocycles. The van der Waals surface area contributed by atoms with Crippen LogP contribution in [0.3, 0.4) is 0 Å². The number of carbonyl (C=O) groups is 1. The Bertz CT molecular complexity index is 521. The minimum absolute atomic E-state index is 0.0726. The van der Waals surface area contributed by atoms with Crippen LogP contribution in [0.4, 0.5) is 0 Å². The van der Waals surface area contributed by atoms with Gasteiger partial charge in [0.2, 0.25) is 0 Å². The Morgan fingerprint density at radius 1 is 1.55 bits per heavy atom. The van der Waals surface area contributed by atoms with E-state index in [0.717, 1.165) is 18.5 Å². The number of nitrogens with zero attached hydrogens (tertiary/aromatic N) is 2. The summed E-state index contributed by atoms with van der Waals surface area (Å²) in [4.78, 5) is 14.2. The first-order valence-electron chi connectivity index (χ1n) is 7.48. The van der Waals surface area contributed by atoms with Gasteiger partial charge in [0, 0.05) is 18.2 Å². The zero-order chi connectivity index (χ0) is 14.5. The maximum absolute atomic E-state index is 12.5. The molecular formula is C15H23N3O2. The summed E-state index contributed by atoms with van der Waals surface area (Å²) < 4.78 is 0. The molecule has 1 saturated carbocycles. The van der Waals surface area contributed by atoms with E-state index in [-0.39, 0.29) is 11.8 Å². The molecule has 2 N–H and O–H groups in total. The molecule has 0 radical (unpaired) electrons. The van der Waals surface area contributed by atoms with E-state index in [9.17, 15) is 9.90 Å². The topological polar surface area (TPSA) is 69.2 Å². The highest BCUT2D eigenvalue weighted by atomic mass is 16.3. The Kier molecular flexibility index (Phi) is 3.12. The highest BCUT2D eigenvalue weighted by Gasteiger charge is 2.53. The Morgan fingerprint density at radius 3 is 2.80 bits per heavy atom. The summed E-state index contributed by atoms with van der Waals surface area (Å²) in [6.07, 6.45) is 2.17. The molecule has 2 aliphatic rings. The van der Waals surface area contributed by atoms with Crippen molar-refractivity contribution in [3.8, 4) is 0 Å². The van der Waals surface area contributed by atoms with Crippen LogP contribution in [0.25, 0.3) is 0 Å². The highest BCUT2D eigenvalue weighted by molar-refractivity contribution is 5.92. The molecule has 1 aliphatic carbocycles. The summed E-state index contributed by atoms with van der Waals surface area (Å²) in [5, 5.41) is 17.8. The van der Waals surface area contributed by atoms with Gasteiger partial charge < -0.3 is 10.0 Å². The second kappa shape index (κ2) is 4.58. The van der Waals surface area contributed by atoms with Gasteiger partial charge in [-0.3, -0.25) is 9.89 Å². The number of β-amino-alcohol motifs (C(OH)–C–C–N with tert-alkyl or cyclic N) is 1. The molecule has 1 aromatic rings. The molecule has 3 rings (SSSR count). The number of aromatic nitrogens is 2. The molecule has 5 nitrogen and oxygen atoms in total. The van der Waals surface area contributed by atoms with Crippen molar-refractivity contribution in [1.29, 1.82) is 0 Å². The van der Waals surface area contributed by atoms with Gasteiger partial charge in [0.25, 0.3) is 5.91 Å². The van der Waals surface area contributed by atoms with Crippen molar-refractivity contribution in [2.24, 2.45) is 11.8 Å². The lowest BCUT2D eigenvalue weighted by atomic mass is 9.88. The molecule has 1 amide bonds. The maximum Gasteiger partial charge on any atom is 0.274 e. The summed E-state index contributed by atoms with van der Waals surface area (Å²) in [5.74, 6) is 0.768. The van der Waals surface area contributed by atoms with Gasteiger partial charge >= 0.3 is 0 Å². The van der Waals surface area contributed by atoms with Crippen molar-refractivity contribution in [2.75, 3.05) is 13.1 Å². The number of aliphatic hydroxyl groups is 1. The van der Waals surface area contributed by atoms with Crippen molar-refractivity contribution >= 4 is 5.91 Å². The number of amides is 1. The number of nitrogens with one attached hydrogen (secondary N) is 1. The fourth-order valence-electron chi connectivity index (χ4n) is 3.19. The molecule has 20 heavy (non-hydrogen) atoms. The summed E-state index contributed by atoms with van der Waals surface area (Å²) in [5.41, 5.74) is 0.742. The van der Waals surface area contributed by atoms with Gasteiger partial charge in [-0.25, -0.2) is 0 Å². The van der Waals surface area contributed by atoms with Crippen LogP contribution < -0.4 is 0 Å². The van der Waals surface area contributed by atoms with Crippen LogP contribution in [0, 0.1) is 11.8 Å². The first-order valence-corrected chi connectivity index (χ1v) is 7.48. The van der Waals surface area contributed by atoms with Gasteiger partial charge in [-0.2, -0.15) is 5.10 Å². The zero-order valence-electron chi connectivity index (χ0n) is 12.4. The molecule has 0 bridgehead atoms. The fourth-order valence-corrected chi connectivity index (χ4v) is 3.19. The average molecular weight is 277 g/mol. The molecule has 5 heteroatoms. The quantitative estimate of drug-likeness (QED) is 0.884. The van der Waals surface area contributed by atoms with Crippen LogP contribution in [0.5, 0.6) is 0 Å². The van der Waals surface area contributed by atoms with Crippen molar-refractivity contribution in [1.82, 2.24) is 15.1 Å². The maximum atomic E-state index is 12.5. The van der Waals surface area contributed by atoms with Crippen LogP contribution in [0.15, 0.2) is 6.07 Å². The van der Waals surface area contributed by atoms with Gasteiger partial charge in [-0.1, -0.05) is 20.8 Å². The van der Waals surface area contributed by atoms with Gasteiger partial charge in [0.1, 0.15) is 5.69 Å². The van der Waals surface area contributed by atoms with E-state index in [1.807, 2.05) is 13.0 Å². The smallest absolute Gasteiger partial charge is 0.274 e. The van der Waals surface area contributed by atoms with Crippen LogP contribution >= 0.6 is 0 Å². The lowest BCUT2D eigenvalue weighted by molar-refractivity contribution is -0.00367. The number of aromatic amines is 1. The number of hydrogen-bond acceptors (Lipinski definition) is 3. The highest BCUT2D eigenvalue weighted by Crippen LogP contribution is 2.47. The van der Waals surface area contributed by atoms with Gasteiger partial charge in [-0.05, 0) is 30.7 Å². The fraction of sp³-hybridized carbons (Fsp3) is 0.733. The number of rotatable bonds is 3. The van der Waals surface area contributed by atoms with Crippen molar-refractivity contribution < 1.29 is 9.90 Å². The lowest BCUT2D eigenvalue weighted by Crippen LogP contribution is -2.40. The molecular weight excluding hydrogens is 254 g/mol. The van der Waals surface area contributed by atoms with E-state index in [2.05, 4.69) is 24.0 Å². The van der Waals surface area contributed by atoms with Crippen molar-refractivity contribution in [2.45, 2.75) is 45.1 Å². The minimum atomic E-state index is -0.688. The molecule has 0 aromatic carbocycles. The second-order valence-electron chi connectivity index (χ2n) is 6.72. The van der Waals surface area contributed by atoms with E-state index >= 15 is 0 Å². The van der Waals surface area contributed by atoms with Crippen LogP contribution in [0.2, 0.25) is 0 Å². The molecule has 2 fully saturated rings. The number of hydrogen-bond donors (Lipinski definition) is 2. The minimum Gasteiger partial charge on any atom is -0.387 e. The number of carbonyl (C=O) groups excluding carboxylic acids is 1. The van der Waals surface area contributed by atoms with Crippen molar-refractivity contribution in [3.05, 3.63) is 17.5 Å². The summed E-state index contributed by atoms with van der Waals surface area (Å²) in [6, 6.07) is 1.83. The first kappa shape index (κ1) is 13.6. The molecule has 1 aromatic heterocycles. The van der Waals surface area contributed by atoms with Crippen LogP contribution in [-0.2, 0) is 0 Å². The van der Waals surface area contributed by atoms with E-state index in [1.165, 1.54) is 0 Å². The standard InChI is InChI=1S/C15H23N3O2/c1-9(2)12-6-13(17-16-12)14(19)18-7-10(3)15(20,8-18)11-4-5-11/h6,9-11,20H,4-5,7-8H2,1-3H3,(H,16,17)/t10-,15+/m1/s1. The summed E-state index contributed by atoms with van der Waals surface area (Å²) >= 11 is 0. The largest absolute Gasteiger partial charge is 0.387 e. The second-order valence-corrected chi connectivity index (χ2v) is 6.72. The van der Waals surface area contributed by atoms with E-state index in [0.29, 0.717) is 30.6 Å². The molecule has 110 valence electrons. The Hall–Kier alpha value is -1.36. The van der Waals surface area contributed by atoms with Gasteiger partial charge in [-0.15, -0.1) is 0 Å². The molecule has 0 unspecified atom stereocenters. The summed E-state index contributed by atoms with van der Waals surface area (Å²) in [7, 11) is 0. The summed E-state index contributed by atoms with van der Waals surface area (Å²) in [6.45, 7) is 7.23. The third kappa shape index (κ3) is 2.14. The number of likely N-dealkylation sites (tertiary alicyclic amines) is 1. The SMILES string of the molecule is CC(C)c1cc(C(=O)N2C[C@@H](C)[C@](O)(C3CC3)C2)n[nH]1. The molecule has 2 atom stereocenters. The predicted octanol–water partition coefficient (Wildman–Crippen LogP) is 1.77. The lowest BCUT2D eigenvalue weighted by Gasteiger charge is -2.26. The van der Waals surface area contributed by atoms with Gasteiger partial charge in [0.15, 0.2) is 0 Å².